The van der Waals surface area contributed by atoms with Crippen molar-refractivity contribution in [3.8, 4) is 0 Å². The minimum absolute atomic E-state index is 0.0572. The summed E-state index contributed by atoms with van der Waals surface area (Å²) < 4.78 is 0. The molecule has 128 valence electrons. The van der Waals surface area contributed by atoms with Crippen LogP contribution in [0.3, 0.4) is 0 Å². The summed E-state index contributed by atoms with van der Waals surface area (Å²) in [5.74, 6) is 0.0572. The summed E-state index contributed by atoms with van der Waals surface area (Å²) in [4.78, 5) is 29.6. The Labute approximate surface area is 142 Å². The fourth-order valence-corrected chi connectivity index (χ4v) is 3.92. The molecule has 1 heterocycles. The van der Waals surface area contributed by atoms with E-state index in [1.807, 2.05) is 17.9 Å². The Balaban J connectivity index is 1.96. The van der Waals surface area contributed by atoms with E-state index >= 15 is 0 Å². The molecule has 1 N–H and O–H groups in total. The van der Waals surface area contributed by atoms with E-state index in [-0.39, 0.29) is 17.5 Å². The second-order valence-electron chi connectivity index (χ2n) is 7.11. The molecule has 1 aromatic heterocycles. The molecule has 4 nitrogen and oxygen atoms in total. The van der Waals surface area contributed by atoms with E-state index in [9.17, 15) is 9.59 Å². The highest BCUT2D eigenvalue weighted by atomic mass is 16.2. The summed E-state index contributed by atoms with van der Waals surface area (Å²) in [6.45, 7) is 6.08. The smallest absolute Gasteiger partial charge is 0.253 e. The number of hydrogen-bond acceptors (Lipinski definition) is 2. The Morgan fingerprint density at radius 3 is 2.54 bits per heavy atom. The molecular formula is C20H26N2O2. The highest BCUT2D eigenvalue weighted by molar-refractivity contribution is 5.83. The molecule has 0 bridgehead atoms. The van der Waals surface area contributed by atoms with Gasteiger partial charge in [0.2, 0.25) is 5.91 Å². The van der Waals surface area contributed by atoms with Gasteiger partial charge in [-0.15, -0.1) is 0 Å². The van der Waals surface area contributed by atoms with E-state index in [0.717, 1.165) is 29.3 Å². The third-order valence-electron chi connectivity index (χ3n) is 5.13. The second-order valence-corrected chi connectivity index (χ2v) is 7.11. The molecule has 0 radical (unpaired) electrons. The van der Waals surface area contributed by atoms with Crippen LogP contribution in [0.25, 0.3) is 10.9 Å². The number of H-pyrrole nitrogens is 1. The highest BCUT2D eigenvalue weighted by Gasteiger charge is 2.24. The number of fused-ring (bicyclic) bond motifs is 1. The van der Waals surface area contributed by atoms with Gasteiger partial charge in [0.05, 0.1) is 12.1 Å². The van der Waals surface area contributed by atoms with Gasteiger partial charge in [-0.05, 0) is 49.8 Å². The Morgan fingerprint density at radius 1 is 1.17 bits per heavy atom. The fraction of sp³-hybridized carbons (Fsp3) is 0.500. The van der Waals surface area contributed by atoms with Gasteiger partial charge in [0.1, 0.15) is 0 Å². The number of carbonyl (C=O) groups excluding carboxylic acids is 1. The first-order valence-corrected chi connectivity index (χ1v) is 8.86. The average molecular weight is 326 g/mol. The molecule has 0 unspecified atom stereocenters. The maximum Gasteiger partial charge on any atom is 0.253 e. The summed E-state index contributed by atoms with van der Waals surface area (Å²) in [6.07, 6.45) is 5.67. The van der Waals surface area contributed by atoms with Crippen LogP contribution in [0.5, 0.6) is 0 Å². The SMILES string of the molecule is CC(=O)N(Cc1cc2cc(C)cc(C)c2[nH]c1=O)C1CCCCC1. The van der Waals surface area contributed by atoms with Crippen LogP contribution >= 0.6 is 0 Å². The largest absolute Gasteiger partial charge is 0.335 e. The lowest BCUT2D eigenvalue weighted by atomic mass is 9.93. The van der Waals surface area contributed by atoms with Gasteiger partial charge in [-0.3, -0.25) is 9.59 Å². The summed E-state index contributed by atoms with van der Waals surface area (Å²) >= 11 is 0. The van der Waals surface area contributed by atoms with E-state index < -0.39 is 0 Å². The zero-order chi connectivity index (χ0) is 17.3. The minimum atomic E-state index is -0.0866. The Morgan fingerprint density at radius 2 is 1.88 bits per heavy atom. The maximum atomic E-state index is 12.5. The van der Waals surface area contributed by atoms with E-state index in [1.165, 1.54) is 24.8 Å². The molecule has 0 aliphatic heterocycles. The number of hydrogen-bond donors (Lipinski definition) is 1. The molecule has 1 aliphatic rings. The highest BCUT2D eigenvalue weighted by Crippen LogP contribution is 2.24. The van der Waals surface area contributed by atoms with Crippen LogP contribution in [0, 0.1) is 13.8 Å². The molecule has 1 aromatic carbocycles. The number of aromatic nitrogens is 1. The zero-order valence-corrected chi connectivity index (χ0v) is 14.8. The van der Waals surface area contributed by atoms with Crippen molar-refractivity contribution in [2.24, 2.45) is 0 Å². The van der Waals surface area contributed by atoms with Gasteiger partial charge in [-0.25, -0.2) is 0 Å². The first-order valence-electron chi connectivity index (χ1n) is 8.86. The van der Waals surface area contributed by atoms with Gasteiger partial charge in [0, 0.05) is 18.5 Å². The van der Waals surface area contributed by atoms with E-state index in [0.29, 0.717) is 12.1 Å². The van der Waals surface area contributed by atoms with Gasteiger partial charge in [0.25, 0.3) is 5.56 Å². The van der Waals surface area contributed by atoms with Gasteiger partial charge in [-0.1, -0.05) is 30.9 Å². The van der Waals surface area contributed by atoms with Crippen molar-refractivity contribution in [3.05, 3.63) is 45.2 Å². The van der Waals surface area contributed by atoms with Crippen LogP contribution in [0.15, 0.2) is 23.0 Å². The Hall–Kier alpha value is -2.10. The van der Waals surface area contributed by atoms with Crippen LogP contribution < -0.4 is 5.56 Å². The molecular weight excluding hydrogens is 300 g/mol. The van der Waals surface area contributed by atoms with Crippen LogP contribution in [0.2, 0.25) is 0 Å². The van der Waals surface area contributed by atoms with Gasteiger partial charge >= 0.3 is 0 Å². The van der Waals surface area contributed by atoms with Gasteiger partial charge in [0.15, 0.2) is 0 Å². The lowest BCUT2D eigenvalue weighted by Crippen LogP contribution is -2.40. The number of nitrogens with one attached hydrogen (secondary N) is 1. The third kappa shape index (κ3) is 3.37. The standard InChI is InChI=1S/C20H26N2O2/c1-13-9-14(2)19-16(10-13)11-17(20(24)21-19)12-22(15(3)23)18-7-5-4-6-8-18/h9-11,18H,4-8,12H2,1-3H3,(H,21,24). The quantitative estimate of drug-likeness (QED) is 0.932. The van der Waals surface area contributed by atoms with Crippen molar-refractivity contribution in [2.45, 2.75) is 65.5 Å². The van der Waals surface area contributed by atoms with Crippen LogP contribution in [-0.2, 0) is 11.3 Å². The number of amides is 1. The van der Waals surface area contributed by atoms with Crippen molar-refractivity contribution >= 4 is 16.8 Å². The summed E-state index contributed by atoms with van der Waals surface area (Å²) in [5, 5.41) is 1.04. The first-order chi connectivity index (χ1) is 11.5. The van der Waals surface area contributed by atoms with Crippen molar-refractivity contribution in [2.75, 3.05) is 0 Å². The predicted octanol–water partition coefficient (Wildman–Crippen LogP) is 3.83. The number of nitrogens with zero attached hydrogens (tertiary/aromatic N) is 1. The third-order valence-corrected chi connectivity index (χ3v) is 5.13. The normalized spacial score (nSPS) is 15.6. The molecule has 2 aromatic rings. The topological polar surface area (TPSA) is 53.2 Å². The number of rotatable bonds is 3. The van der Waals surface area contributed by atoms with Crippen molar-refractivity contribution in [3.63, 3.8) is 0 Å². The van der Waals surface area contributed by atoms with E-state index in [2.05, 4.69) is 24.0 Å². The number of benzene rings is 1. The van der Waals surface area contributed by atoms with E-state index in [4.69, 9.17) is 0 Å². The summed E-state index contributed by atoms with van der Waals surface area (Å²) in [6, 6.07) is 6.38. The molecule has 1 saturated carbocycles. The molecule has 0 spiro atoms. The lowest BCUT2D eigenvalue weighted by molar-refractivity contribution is -0.132. The summed E-state index contributed by atoms with van der Waals surface area (Å²) in [7, 11) is 0. The van der Waals surface area contributed by atoms with Gasteiger partial charge < -0.3 is 9.88 Å². The number of aromatic amines is 1. The van der Waals surface area contributed by atoms with Crippen molar-refractivity contribution in [1.82, 2.24) is 9.88 Å². The lowest BCUT2D eigenvalue weighted by Gasteiger charge is -2.33. The molecule has 1 amide bonds. The molecule has 1 aliphatic carbocycles. The first kappa shape index (κ1) is 16.7. The zero-order valence-electron chi connectivity index (χ0n) is 14.8. The molecule has 3 rings (SSSR count). The number of carbonyl (C=O) groups is 1. The minimum Gasteiger partial charge on any atom is -0.335 e. The van der Waals surface area contributed by atoms with Gasteiger partial charge in [-0.2, -0.15) is 0 Å². The number of pyridine rings is 1. The molecule has 1 fully saturated rings. The Kier molecular flexibility index (Phi) is 4.74. The second kappa shape index (κ2) is 6.80. The molecule has 4 heteroatoms. The molecule has 24 heavy (non-hydrogen) atoms. The average Bonchev–Trinajstić information content (AvgIpc) is 2.54. The van der Waals surface area contributed by atoms with Crippen molar-refractivity contribution < 1.29 is 4.79 Å². The number of aryl methyl sites for hydroxylation is 2. The van der Waals surface area contributed by atoms with Crippen LogP contribution in [0.1, 0.15) is 55.7 Å². The monoisotopic (exact) mass is 326 g/mol. The predicted molar refractivity (Wildman–Crippen MR) is 97.1 cm³/mol. The van der Waals surface area contributed by atoms with Crippen molar-refractivity contribution in [1.29, 1.82) is 0 Å². The fourth-order valence-electron chi connectivity index (χ4n) is 3.92. The maximum absolute atomic E-state index is 12.5. The van der Waals surface area contributed by atoms with Crippen LogP contribution in [0.4, 0.5) is 0 Å². The van der Waals surface area contributed by atoms with E-state index in [1.54, 1.807) is 6.92 Å². The molecule has 0 saturated heterocycles. The Bertz CT molecular complexity index is 816. The molecule has 0 atom stereocenters. The van der Waals surface area contributed by atoms with Crippen LogP contribution in [-0.4, -0.2) is 21.8 Å². The summed E-state index contributed by atoms with van der Waals surface area (Å²) in [5.41, 5.74) is 3.73.